The fraction of sp³-hybridized carbons (Fsp3) is 0.500. The standard InChI is InChI=1S/C12H17N3O2S2/c1-8-4-10(12(13)18)5-11(15-8)14-6-9-2-3-19(16,17)7-9/h4-5,9H,2-3,6-7H2,1H3,(H2,13,18)(H,14,15). The van der Waals surface area contributed by atoms with Crippen LogP contribution < -0.4 is 11.1 Å². The van der Waals surface area contributed by atoms with Gasteiger partial charge in [-0.2, -0.15) is 0 Å². The lowest BCUT2D eigenvalue weighted by atomic mass is 10.1. The van der Waals surface area contributed by atoms with Crippen molar-refractivity contribution in [3.8, 4) is 0 Å². The molecule has 0 aliphatic carbocycles. The number of rotatable bonds is 4. The maximum Gasteiger partial charge on any atom is 0.150 e. The zero-order valence-corrected chi connectivity index (χ0v) is 12.4. The molecular formula is C12H17N3O2S2. The van der Waals surface area contributed by atoms with Crippen LogP contribution in [0.3, 0.4) is 0 Å². The minimum atomic E-state index is -2.83. The Balaban J connectivity index is 2.02. The third kappa shape index (κ3) is 3.87. The first-order valence-electron chi connectivity index (χ1n) is 6.08. The maximum absolute atomic E-state index is 11.4. The Hall–Kier alpha value is -1.21. The molecule has 1 atom stereocenters. The molecule has 104 valence electrons. The summed E-state index contributed by atoms with van der Waals surface area (Å²) >= 11 is 4.95. The van der Waals surface area contributed by atoms with Crippen molar-refractivity contribution in [2.24, 2.45) is 11.7 Å². The Kier molecular flexibility index (Phi) is 4.05. The van der Waals surface area contributed by atoms with Crippen LogP contribution in [0.2, 0.25) is 0 Å². The van der Waals surface area contributed by atoms with E-state index in [0.717, 1.165) is 11.3 Å². The lowest BCUT2D eigenvalue weighted by Crippen LogP contribution is -2.17. The SMILES string of the molecule is Cc1cc(C(N)=S)cc(NCC2CCS(=O)(=O)C2)n1. The highest BCUT2D eigenvalue weighted by Gasteiger charge is 2.27. The number of nitrogens with zero attached hydrogens (tertiary/aromatic N) is 1. The largest absolute Gasteiger partial charge is 0.389 e. The van der Waals surface area contributed by atoms with E-state index < -0.39 is 9.84 Å². The highest BCUT2D eigenvalue weighted by Crippen LogP contribution is 2.19. The highest BCUT2D eigenvalue weighted by atomic mass is 32.2. The zero-order valence-electron chi connectivity index (χ0n) is 10.7. The van der Waals surface area contributed by atoms with Gasteiger partial charge in [-0.15, -0.1) is 0 Å². The second-order valence-electron chi connectivity index (χ2n) is 4.90. The van der Waals surface area contributed by atoms with Gasteiger partial charge in [0.25, 0.3) is 0 Å². The van der Waals surface area contributed by atoms with Crippen LogP contribution in [0.1, 0.15) is 17.7 Å². The smallest absolute Gasteiger partial charge is 0.150 e. The van der Waals surface area contributed by atoms with E-state index in [1.54, 1.807) is 6.07 Å². The Morgan fingerprint density at radius 1 is 1.58 bits per heavy atom. The summed E-state index contributed by atoms with van der Waals surface area (Å²) in [5.74, 6) is 1.39. The van der Waals surface area contributed by atoms with E-state index in [9.17, 15) is 8.42 Å². The van der Waals surface area contributed by atoms with E-state index in [2.05, 4.69) is 10.3 Å². The van der Waals surface area contributed by atoms with Gasteiger partial charge in [0.1, 0.15) is 10.8 Å². The molecule has 0 saturated carbocycles. The summed E-state index contributed by atoms with van der Waals surface area (Å²) in [4.78, 5) is 4.67. The third-order valence-electron chi connectivity index (χ3n) is 3.14. The molecule has 1 unspecified atom stereocenters. The molecule has 0 aromatic carbocycles. The van der Waals surface area contributed by atoms with Crippen molar-refractivity contribution < 1.29 is 8.42 Å². The molecule has 2 rings (SSSR count). The van der Waals surface area contributed by atoms with Gasteiger partial charge in [0.2, 0.25) is 0 Å². The van der Waals surface area contributed by atoms with Crippen molar-refractivity contribution in [2.75, 3.05) is 23.4 Å². The van der Waals surface area contributed by atoms with Crippen LogP contribution in [0, 0.1) is 12.8 Å². The second kappa shape index (κ2) is 5.42. The number of sulfone groups is 1. The summed E-state index contributed by atoms with van der Waals surface area (Å²) in [7, 11) is -2.83. The van der Waals surface area contributed by atoms with Crippen molar-refractivity contribution in [3.63, 3.8) is 0 Å². The average Bonchev–Trinajstić information content (AvgIpc) is 2.65. The van der Waals surface area contributed by atoms with Gasteiger partial charge in [-0.1, -0.05) is 12.2 Å². The number of nitrogens with two attached hydrogens (primary N) is 1. The Morgan fingerprint density at radius 2 is 2.32 bits per heavy atom. The normalized spacial score (nSPS) is 21.2. The molecule has 1 saturated heterocycles. The van der Waals surface area contributed by atoms with Crippen LogP contribution >= 0.6 is 12.2 Å². The quantitative estimate of drug-likeness (QED) is 0.803. The van der Waals surface area contributed by atoms with Crippen LogP contribution in [0.4, 0.5) is 5.82 Å². The molecule has 7 heteroatoms. The number of aryl methyl sites for hydroxylation is 1. The highest BCUT2D eigenvalue weighted by molar-refractivity contribution is 7.91. The van der Waals surface area contributed by atoms with Crippen LogP contribution in [0.15, 0.2) is 12.1 Å². The minimum Gasteiger partial charge on any atom is -0.389 e. The molecule has 5 nitrogen and oxygen atoms in total. The first-order chi connectivity index (χ1) is 8.85. The first-order valence-corrected chi connectivity index (χ1v) is 8.31. The molecule has 19 heavy (non-hydrogen) atoms. The summed E-state index contributed by atoms with van der Waals surface area (Å²) in [6.45, 7) is 2.47. The lowest BCUT2D eigenvalue weighted by Gasteiger charge is -2.11. The predicted molar refractivity (Wildman–Crippen MR) is 80.1 cm³/mol. The number of hydrogen-bond donors (Lipinski definition) is 2. The van der Waals surface area contributed by atoms with Gasteiger partial charge in [-0.25, -0.2) is 13.4 Å². The molecule has 0 spiro atoms. The molecule has 0 bridgehead atoms. The van der Waals surface area contributed by atoms with E-state index in [4.69, 9.17) is 18.0 Å². The lowest BCUT2D eigenvalue weighted by molar-refractivity contribution is 0.595. The molecule has 2 heterocycles. The Bertz CT molecular complexity index is 599. The molecule has 1 aliphatic heterocycles. The zero-order chi connectivity index (χ0) is 14.0. The van der Waals surface area contributed by atoms with E-state index >= 15 is 0 Å². The number of nitrogens with one attached hydrogen (secondary N) is 1. The van der Waals surface area contributed by atoms with Crippen molar-refractivity contribution >= 4 is 32.9 Å². The predicted octanol–water partition coefficient (Wildman–Crippen LogP) is 0.871. The summed E-state index contributed by atoms with van der Waals surface area (Å²) in [6, 6.07) is 3.62. The summed E-state index contributed by atoms with van der Waals surface area (Å²) in [6.07, 6.45) is 0.712. The Morgan fingerprint density at radius 3 is 2.89 bits per heavy atom. The molecule has 1 aliphatic rings. The van der Waals surface area contributed by atoms with Gasteiger partial charge in [-0.3, -0.25) is 0 Å². The number of thiocarbonyl (C=S) groups is 1. The molecule has 0 amide bonds. The van der Waals surface area contributed by atoms with Gasteiger partial charge in [0.15, 0.2) is 9.84 Å². The average molecular weight is 299 g/mol. The summed E-state index contributed by atoms with van der Waals surface area (Å²) in [5.41, 5.74) is 7.20. The van der Waals surface area contributed by atoms with E-state index in [1.807, 2.05) is 13.0 Å². The molecule has 3 N–H and O–H groups in total. The minimum absolute atomic E-state index is 0.153. The van der Waals surface area contributed by atoms with Crippen LogP contribution in [0.5, 0.6) is 0 Å². The summed E-state index contributed by atoms with van der Waals surface area (Å²) < 4.78 is 22.7. The maximum atomic E-state index is 11.4. The van der Waals surface area contributed by atoms with Gasteiger partial charge < -0.3 is 11.1 Å². The monoisotopic (exact) mass is 299 g/mol. The molecule has 1 fully saturated rings. The van der Waals surface area contributed by atoms with Gasteiger partial charge in [-0.05, 0) is 31.4 Å². The topological polar surface area (TPSA) is 85.1 Å². The molecule has 0 radical (unpaired) electrons. The van der Waals surface area contributed by atoms with Crippen LogP contribution in [-0.2, 0) is 9.84 Å². The Labute approximate surface area is 118 Å². The number of pyridine rings is 1. The third-order valence-corrected chi connectivity index (χ3v) is 5.21. The van der Waals surface area contributed by atoms with Gasteiger partial charge in [0.05, 0.1) is 11.5 Å². The first kappa shape index (κ1) is 14.2. The van der Waals surface area contributed by atoms with E-state index in [1.165, 1.54) is 0 Å². The second-order valence-corrected chi connectivity index (χ2v) is 7.57. The van der Waals surface area contributed by atoms with Crippen molar-refractivity contribution in [1.82, 2.24) is 4.98 Å². The van der Waals surface area contributed by atoms with Crippen molar-refractivity contribution in [3.05, 3.63) is 23.4 Å². The molecule has 1 aromatic rings. The van der Waals surface area contributed by atoms with Crippen molar-refractivity contribution in [2.45, 2.75) is 13.3 Å². The van der Waals surface area contributed by atoms with E-state index in [0.29, 0.717) is 29.5 Å². The summed E-state index contributed by atoms with van der Waals surface area (Å²) in [5, 5.41) is 3.17. The molecule has 1 aromatic heterocycles. The van der Waals surface area contributed by atoms with Gasteiger partial charge >= 0.3 is 0 Å². The van der Waals surface area contributed by atoms with Crippen LogP contribution in [0.25, 0.3) is 0 Å². The fourth-order valence-corrected chi connectivity index (χ4v) is 4.16. The number of aromatic nitrogens is 1. The van der Waals surface area contributed by atoms with E-state index in [-0.39, 0.29) is 11.7 Å². The number of anilines is 1. The number of hydrogen-bond acceptors (Lipinski definition) is 5. The van der Waals surface area contributed by atoms with Gasteiger partial charge in [0, 0.05) is 17.8 Å². The van der Waals surface area contributed by atoms with Crippen LogP contribution in [-0.4, -0.2) is 36.4 Å². The fourth-order valence-electron chi connectivity index (χ4n) is 2.18. The van der Waals surface area contributed by atoms with Crippen molar-refractivity contribution in [1.29, 1.82) is 0 Å². The molecular weight excluding hydrogens is 282 g/mol.